The first-order valence-electron chi connectivity index (χ1n) is 10.4. The quantitative estimate of drug-likeness (QED) is 0.551. The highest BCUT2D eigenvalue weighted by atomic mass is 35.5. The maximum atomic E-state index is 14.8. The van der Waals surface area contributed by atoms with Crippen molar-refractivity contribution in [3.63, 3.8) is 0 Å². The Kier molecular flexibility index (Phi) is 5.86. The average molecular weight is 443 g/mol. The molecule has 7 heteroatoms. The van der Waals surface area contributed by atoms with E-state index in [2.05, 4.69) is 4.90 Å². The van der Waals surface area contributed by atoms with Gasteiger partial charge in [-0.25, -0.2) is 4.39 Å². The predicted octanol–water partition coefficient (Wildman–Crippen LogP) is 4.78. The second-order valence-electron chi connectivity index (χ2n) is 7.72. The minimum atomic E-state index is -0.847. The Morgan fingerprint density at radius 1 is 1.16 bits per heavy atom. The zero-order valence-electron chi connectivity index (χ0n) is 17.7. The van der Waals surface area contributed by atoms with Crippen LogP contribution in [0.15, 0.2) is 45.6 Å². The van der Waals surface area contributed by atoms with E-state index in [1.165, 1.54) is 6.07 Å². The molecule has 1 aromatic heterocycles. The van der Waals surface area contributed by atoms with Crippen LogP contribution in [0.3, 0.4) is 0 Å². The van der Waals surface area contributed by atoms with E-state index in [1.807, 2.05) is 13.8 Å². The van der Waals surface area contributed by atoms with Crippen molar-refractivity contribution in [2.45, 2.75) is 26.8 Å². The summed E-state index contributed by atoms with van der Waals surface area (Å²) in [6.07, 6.45) is 0. The standard InChI is InChI=1S/C24H24ClFN2O3/c1-4-27(5-2)10-11-28-21(15-8-6-7-9-18(15)26)20-22(29)16-13-17(25)14(3)12-19(16)31-23(20)24(28)30/h6-9,12-13,21H,4-5,10-11H2,1-3H3/t21-/m0/s1. The topological polar surface area (TPSA) is 53.8 Å². The molecule has 1 atom stereocenters. The molecule has 3 aromatic rings. The maximum Gasteiger partial charge on any atom is 0.290 e. The van der Waals surface area contributed by atoms with Crippen LogP contribution in [0.25, 0.3) is 11.0 Å². The van der Waals surface area contributed by atoms with Crippen LogP contribution in [0.2, 0.25) is 5.02 Å². The third-order valence-electron chi connectivity index (χ3n) is 6.00. The van der Waals surface area contributed by atoms with Gasteiger partial charge in [-0.15, -0.1) is 0 Å². The maximum absolute atomic E-state index is 14.8. The number of rotatable bonds is 6. The molecule has 1 amide bonds. The normalized spacial score (nSPS) is 15.9. The molecule has 0 bridgehead atoms. The van der Waals surface area contributed by atoms with Crippen LogP contribution in [-0.2, 0) is 0 Å². The van der Waals surface area contributed by atoms with Gasteiger partial charge in [0.15, 0.2) is 5.43 Å². The van der Waals surface area contributed by atoms with Crippen molar-refractivity contribution in [3.05, 3.63) is 79.9 Å². The largest absolute Gasteiger partial charge is 0.450 e. The summed E-state index contributed by atoms with van der Waals surface area (Å²) in [5, 5.41) is 0.721. The van der Waals surface area contributed by atoms with Crippen LogP contribution in [0.1, 0.15) is 47.1 Å². The van der Waals surface area contributed by atoms with Gasteiger partial charge >= 0.3 is 0 Å². The number of carbonyl (C=O) groups is 1. The highest BCUT2D eigenvalue weighted by Crippen LogP contribution is 2.39. The summed E-state index contributed by atoms with van der Waals surface area (Å²) >= 11 is 6.24. The molecule has 0 radical (unpaired) electrons. The summed E-state index contributed by atoms with van der Waals surface area (Å²) in [4.78, 5) is 30.6. The monoisotopic (exact) mass is 442 g/mol. The fourth-order valence-corrected chi connectivity index (χ4v) is 4.34. The van der Waals surface area contributed by atoms with E-state index in [-0.39, 0.29) is 27.7 Å². The molecule has 1 aliphatic rings. The van der Waals surface area contributed by atoms with E-state index in [1.54, 1.807) is 42.2 Å². The van der Waals surface area contributed by atoms with Gasteiger partial charge in [-0.05, 0) is 43.8 Å². The van der Waals surface area contributed by atoms with E-state index in [0.29, 0.717) is 23.7 Å². The number of hydrogen-bond acceptors (Lipinski definition) is 4. The Morgan fingerprint density at radius 3 is 2.55 bits per heavy atom. The first-order chi connectivity index (χ1) is 14.9. The lowest BCUT2D eigenvalue weighted by Crippen LogP contribution is -2.38. The molecule has 0 unspecified atom stereocenters. The van der Waals surface area contributed by atoms with Crippen molar-refractivity contribution in [3.8, 4) is 0 Å². The van der Waals surface area contributed by atoms with E-state index in [9.17, 15) is 14.0 Å². The van der Waals surface area contributed by atoms with Gasteiger partial charge in [-0.1, -0.05) is 43.6 Å². The molecule has 0 N–H and O–H groups in total. The lowest BCUT2D eigenvalue weighted by Gasteiger charge is -2.28. The van der Waals surface area contributed by atoms with Crippen molar-refractivity contribution in [2.24, 2.45) is 0 Å². The number of aryl methyl sites for hydroxylation is 1. The molecule has 31 heavy (non-hydrogen) atoms. The lowest BCUT2D eigenvalue weighted by atomic mass is 9.98. The highest BCUT2D eigenvalue weighted by Gasteiger charge is 2.43. The second kappa shape index (κ2) is 8.44. The molecule has 2 aromatic carbocycles. The van der Waals surface area contributed by atoms with Crippen molar-refractivity contribution < 1.29 is 13.6 Å². The molecule has 0 saturated heterocycles. The number of carbonyl (C=O) groups excluding carboxylic acids is 1. The molecule has 0 saturated carbocycles. The summed E-state index contributed by atoms with van der Waals surface area (Å²) in [5.74, 6) is -0.892. The molecule has 2 heterocycles. The SMILES string of the molecule is CCN(CC)CCN1C(=O)c2oc3cc(C)c(Cl)cc3c(=O)c2[C@@H]1c1ccccc1F. The highest BCUT2D eigenvalue weighted by molar-refractivity contribution is 6.32. The number of halogens is 2. The third-order valence-corrected chi connectivity index (χ3v) is 6.41. The third kappa shape index (κ3) is 3.64. The fraction of sp³-hybridized carbons (Fsp3) is 0.333. The van der Waals surface area contributed by atoms with Gasteiger partial charge in [0.25, 0.3) is 5.91 Å². The van der Waals surface area contributed by atoms with Gasteiger partial charge in [-0.3, -0.25) is 9.59 Å². The lowest BCUT2D eigenvalue weighted by molar-refractivity contribution is 0.0706. The molecular formula is C24H24ClFN2O3. The van der Waals surface area contributed by atoms with Gasteiger partial charge in [-0.2, -0.15) is 0 Å². The van der Waals surface area contributed by atoms with Crippen molar-refractivity contribution in [2.75, 3.05) is 26.2 Å². The van der Waals surface area contributed by atoms with Gasteiger partial charge in [0.2, 0.25) is 5.76 Å². The number of fused-ring (bicyclic) bond motifs is 2. The average Bonchev–Trinajstić information content (AvgIpc) is 3.03. The zero-order chi connectivity index (χ0) is 22.3. The van der Waals surface area contributed by atoms with Crippen LogP contribution in [-0.4, -0.2) is 41.9 Å². The molecule has 0 spiro atoms. The molecule has 4 rings (SSSR count). The molecular weight excluding hydrogens is 419 g/mol. The Hall–Kier alpha value is -2.70. The second-order valence-corrected chi connectivity index (χ2v) is 8.13. The summed E-state index contributed by atoms with van der Waals surface area (Å²) in [6.45, 7) is 8.50. The van der Waals surface area contributed by atoms with Crippen molar-refractivity contribution >= 4 is 28.5 Å². The molecule has 1 aliphatic heterocycles. The van der Waals surface area contributed by atoms with Gasteiger partial charge < -0.3 is 14.2 Å². The van der Waals surface area contributed by atoms with E-state index < -0.39 is 17.8 Å². The van der Waals surface area contributed by atoms with Crippen molar-refractivity contribution in [1.82, 2.24) is 9.80 Å². The molecule has 0 aliphatic carbocycles. The number of likely N-dealkylation sites (N-methyl/N-ethyl adjacent to an activating group) is 1. The Labute approximate surface area is 185 Å². The molecule has 162 valence electrons. The first-order valence-corrected chi connectivity index (χ1v) is 10.8. The minimum Gasteiger partial charge on any atom is -0.450 e. The number of amides is 1. The van der Waals surface area contributed by atoms with Crippen LogP contribution >= 0.6 is 11.6 Å². The smallest absolute Gasteiger partial charge is 0.290 e. The fourth-order valence-electron chi connectivity index (χ4n) is 4.18. The Bertz CT molecular complexity index is 1220. The van der Waals surface area contributed by atoms with Crippen LogP contribution < -0.4 is 5.43 Å². The minimum absolute atomic E-state index is 0.0213. The number of hydrogen-bond donors (Lipinski definition) is 0. The van der Waals surface area contributed by atoms with Gasteiger partial charge in [0.1, 0.15) is 11.4 Å². The number of nitrogens with zero attached hydrogens (tertiary/aromatic N) is 2. The summed E-state index contributed by atoms with van der Waals surface area (Å²) in [6, 6.07) is 8.60. The van der Waals surface area contributed by atoms with Gasteiger partial charge in [0.05, 0.1) is 17.0 Å². The van der Waals surface area contributed by atoms with E-state index >= 15 is 0 Å². The predicted molar refractivity (Wildman–Crippen MR) is 119 cm³/mol. The van der Waals surface area contributed by atoms with Crippen LogP contribution in [0.5, 0.6) is 0 Å². The summed E-state index contributed by atoms with van der Waals surface area (Å²) in [7, 11) is 0. The van der Waals surface area contributed by atoms with Gasteiger partial charge in [0, 0.05) is 23.7 Å². The Balaban J connectivity index is 1.92. The van der Waals surface area contributed by atoms with E-state index in [0.717, 1.165) is 18.7 Å². The van der Waals surface area contributed by atoms with Crippen LogP contribution in [0.4, 0.5) is 4.39 Å². The van der Waals surface area contributed by atoms with Crippen LogP contribution in [0, 0.1) is 12.7 Å². The summed E-state index contributed by atoms with van der Waals surface area (Å²) < 4.78 is 20.8. The van der Waals surface area contributed by atoms with E-state index in [4.69, 9.17) is 16.0 Å². The molecule has 0 fully saturated rings. The Morgan fingerprint density at radius 2 is 1.87 bits per heavy atom. The zero-order valence-corrected chi connectivity index (χ0v) is 18.5. The van der Waals surface area contributed by atoms with Crippen molar-refractivity contribution in [1.29, 1.82) is 0 Å². The first kappa shape index (κ1) is 21.5. The number of benzene rings is 2. The molecule has 5 nitrogen and oxygen atoms in total. The summed E-state index contributed by atoms with van der Waals surface area (Å²) in [5.41, 5.74) is 1.13.